The zero-order valence-electron chi connectivity index (χ0n) is 7.88. The third kappa shape index (κ3) is 2.33. The Balaban J connectivity index is 2.25. The molecule has 0 radical (unpaired) electrons. The fourth-order valence-electron chi connectivity index (χ4n) is 1.13. The van der Waals surface area contributed by atoms with Gasteiger partial charge in [-0.2, -0.15) is 4.68 Å². The number of hydrogen-bond donors (Lipinski definition) is 0. The lowest BCUT2D eigenvalue weighted by Crippen LogP contribution is -2.05. The summed E-state index contributed by atoms with van der Waals surface area (Å²) < 4.78 is 6.92. The zero-order valence-corrected chi connectivity index (χ0v) is 9.46. The first-order valence-electron chi connectivity index (χ1n) is 4.44. The van der Waals surface area contributed by atoms with Crippen molar-refractivity contribution in [2.24, 2.45) is 0 Å². The van der Waals surface area contributed by atoms with E-state index in [2.05, 4.69) is 31.5 Å². The van der Waals surface area contributed by atoms with Gasteiger partial charge in [0.1, 0.15) is 6.61 Å². The number of nitrogens with zero attached hydrogens (tertiary/aromatic N) is 4. The van der Waals surface area contributed by atoms with Crippen LogP contribution in [0, 0.1) is 0 Å². The number of tetrazole rings is 1. The van der Waals surface area contributed by atoms with Gasteiger partial charge in [0.05, 0.1) is 5.69 Å². The summed E-state index contributed by atoms with van der Waals surface area (Å²) in [4.78, 5) is 0. The van der Waals surface area contributed by atoms with Crippen LogP contribution in [0.3, 0.4) is 0 Å². The molecule has 5 nitrogen and oxygen atoms in total. The van der Waals surface area contributed by atoms with E-state index in [9.17, 15) is 0 Å². The van der Waals surface area contributed by atoms with E-state index in [1.807, 2.05) is 30.3 Å². The SMILES string of the molecule is BrCCOc1nnnn1-c1ccccc1. The Labute approximate surface area is 95.2 Å². The van der Waals surface area contributed by atoms with E-state index in [-0.39, 0.29) is 0 Å². The molecule has 0 amide bonds. The summed E-state index contributed by atoms with van der Waals surface area (Å²) in [5, 5.41) is 12.0. The van der Waals surface area contributed by atoms with E-state index in [1.54, 1.807) is 4.68 Å². The number of alkyl halides is 1. The fourth-order valence-corrected chi connectivity index (χ4v) is 1.29. The van der Waals surface area contributed by atoms with Crippen LogP contribution in [0.1, 0.15) is 0 Å². The Morgan fingerprint density at radius 3 is 2.80 bits per heavy atom. The minimum atomic E-state index is 0.403. The number of ether oxygens (including phenoxy) is 1. The molecular weight excluding hydrogens is 260 g/mol. The molecule has 0 aliphatic heterocycles. The molecule has 0 spiro atoms. The van der Waals surface area contributed by atoms with Crippen molar-refractivity contribution in [3.8, 4) is 11.7 Å². The average Bonchev–Trinajstić information content (AvgIpc) is 2.75. The van der Waals surface area contributed by atoms with Crippen LogP contribution >= 0.6 is 15.9 Å². The molecule has 0 atom stereocenters. The van der Waals surface area contributed by atoms with Crippen LogP contribution in [0.15, 0.2) is 30.3 Å². The van der Waals surface area contributed by atoms with Gasteiger partial charge in [-0.15, -0.1) is 0 Å². The Bertz CT molecular complexity index is 417. The van der Waals surface area contributed by atoms with Crippen molar-refractivity contribution < 1.29 is 4.74 Å². The largest absolute Gasteiger partial charge is 0.461 e. The van der Waals surface area contributed by atoms with Crippen molar-refractivity contribution in [3.63, 3.8) is 0 Å². The smallest absolute Gasteiger partial charge is 0.340 e. The standard InChI is InChI=1S/C9H9BrN4O/c10-6-7-15-9-11-12-13-14(9)8-4-2-1-3-5-8/h1-5H,6-7H2. The summed E-state index contributed by atoms with van der Waals surface area (Å²) in [7, 11) is 0. The van der Waals surface area contributed by atoms with Crippen LogP contribution in [-0.4, -0.2) is 32.1 Å². The van der Waals surface area contributed by atoms with Gasteiger partial charge in [0, 0.05) is 5.33 Å². The number of para-hydroxylation sites is 1. The minimum Gasteiger partial charge on any atom is -0.461 e. The monoisotopic (exact) mass is 268 g/mol. The lowest BCUT2D eigenvalue weighted by Gasteiger charge is -2.03. The molecule has 78 valence electrons. The molecule has 0 saturated carbocycles. The Kier molecular flexibility index (Phi) is 3.29. The number of rotatable bonds is 4. The highest BCUT2D eigenvalue weighted by atomic mass is 79.9. The molecule has 1 heterocycles. The third-order valence-electron chi connectivity index (χ3n) is 1.75. The summed E-state index contributed by atoms with van der Waals surface area (Å²) >= 11 is 3.27. The summed E-state index contributed by atoms with van der Waals surface area (Å²) in [6.07, 6.45) is 0. The molecule has 1 aromatic carbocycles. The predicted molar refractivity (Wildman–Crippen MR) is 58.4 cm³/mol. The molecule has 6 heteroatoms. The van der Waals surface area contributed by atoms with E-state index in [0.29, 0.717) is 12.6 Å². The second kappa shape index (κ2) is 4.88. The first kappa shape index (κ1) is 10.1. The molecule has 0 aliphatic rings. The van der Waals surface area contributed by atoms with Crippen molar-refractivity contribution in [3.05, 3.63) is 30.3 Å². The number of benzene rings is 1. The topological polar surface area (TPSA) is 52.8 Å². The van der Waals surface area contributed by atoms with Crippen LogP contribution in [0.4, 0.5) is 0 Å². The maximum atomic E-state index is 5.36. The highest BCUT2D eigenvalue weighted by Crippen LogP contribution is 2.12. The molecular formula is C9H9BrN4O. The minimum absolute atomic E-state index is 0.403. The molecule has 0 bridgehead atoms. The molecule has 0 unspecified atom stereocenters. The first-order chi connectivity index (χ1) is 7.42. The summed E-state index contributed by atoms with van der Waals surface area (Å²) in [6, 6.07) is 10.0. The Hall–Kier alpha value is -1.43. The molecule has 0 N–H and O–H groups in total. The lowest BCUT2D eigenvalue weighted by atomic mass is 10.3. The van der Waals surface area contributed by atoms with Gasteiger partial charge in [-0.1, -0.05) is 39.2 Å². The van der Waals surface area contributed by atoms with Crippen LogP contribution in [0.5, 0.6) is 6.01 Å². The van der Waals surface area contributed by atoms with Crippen molar-refractivity contribution in [2.75, 3.05) is 11.9 Å². The summed E-state index contributed by atoms with van der Waals surface area (Å²) in [5.41, 5.74) is 0.882. The van der Waals surface area contributed by atoms with Crippen LogP contribution in [0.2, 0.25) is 0 Å². The quantitative estimate of drug-likeness (QED) is 0.788. The highest BCUT2D eigenvalue weighted by Gasteiger charge is 2.07. The van der Waals surface area contributed by atoms with Gasteiger partial charge >= 0.3 is 6.01 Å². The number of aromatic nitrogens is 4. The molecule has 0 saturated heterocycles. The van der Waals surface area contributed by atoms with Crippen molar-refractivity contribution in [1.29, 1.82) is 0 Å². The van der Waals surface area contributed by atoms with Gasteiger partial charge in [-0.05, 0) is 22.6 Å². The van der Waals surface area contributed by atoms with Crippen molar-refractivity contribution in [2.45, 2.75) is 0 Å². The molecule has 15 heavy (non-hydrogen) atoms. The van der Waals surface area contributed by atoms with Gasteiger partial charge in [0.2, 0.25) is 0 Å². The van der Waals surface area contributed by atoms with Crippen LogP contribution in [0.25, 0.3) is 5.69 Å². The third-order valence-corrected chi connectivity index (χ3v) is 2.07. The summed E-state index contributed by atoms with van der Waals surface area (Å²) in [5.74, 6) is 0. The van der Waals surface area contributed by atoms with Gasteiger partial charge in [0.25, 0.3) is 0 Å². The van der Waals surface area contributed by atoms with Gasteiger partial charge in [0.15, 0.2) is 0 Å². The van der Waals surface area contributed by atoms with E-state index in [1.165, 1.54) is 0 Å². The normalized spacial score (nSPS) is 10.2. The molecule has 2 rings (SSSR count). The average molecular weight is 269 g/mol. The molecule has 1 aromatic heterocycles. The van der Waals surface area contributed by atoms with Crippen LogP contribution < -0.4 is 4.74 Å². The first-order valence-corrected chi connectivity index (χ1v) is 5.56. The lowest BCUT2D eigenvalue weighted by molar-refractivity contribution is 0.308. The molecule has 0 aliphatic carbocycles. The van der Waals surface area contributed by atoms with E-state index < -0.39 is 0 Å². The van der Waals surface area contributed by atoms with E-state index >= 15 is 0 Å². The number of hydrogen-bond acceptors (Lipinski definition) is 4. The molecule has 2 aromatic rings. The van der Waals surface area contributed by atoms with E-state index in [0.717, 1.165) is 11.0 Å². The van der Waals surface area contributed by atoms with Crippen LogP contribution in [-0.2, 0) is 0 Å². The predicted octanol–water partition coefficient (Wildman–Crippen LogP) is 1.44. The second-order valence-corrected chi connectivity index (χ2v) is 3.54. The van der Waals surface area contributed by atoms with Crippen molar-refractivity contribution in [1.82, 2.24) is 20.2 Å². The Morgan fingerprint density at radius 1 is 1.27 bits per heavy atom. The summed E-state index contributed by atoms with van der Waals surface area (Å²) in [6.45, 7) is 0.535. The van der Waals surface area contributed by atoms with Crippen molar-refractivity contribution >= 4 is 15.9 Å². The van der Waals surface area contributed by atoms with Gasteiger partial charge < -0.3 is 4.74 Å². The van der Waals surface area contributed by atoms with Gasteiger partial charge in [-0.25, -0.2) is 0 Å². The number of halogens is 1. The zero-order chi connectivity index (χ0) is 10.5. The second-order valence-electron chi connectivity index (χ2n) is 2.75. The maximum absolute atomic E-state index is 5.36. The Morgan fingerprint density at radius 2 is 2.07 bits per heavy atom. The fraction of sp³-hybridized carbons (Fsp3) is 0.222. The van der Waals surface area contributed by atoms with E-state index in [4.69, 9.17) is 4.74 Å². The maximum Gasteiger partial charge on any atom is 0.340 e. The molecule has 0 fully saturated rings. The highest BCUT2D eigenvalue weighted by molar-refractivity contribution is 9.09. The van der Waals surface area contributed by atoms with Gasteiger partial charge in [-0.3, -0.25) is 0 Å².